The molecule has 0 fully saturated rings. The summed E-state index contributed by atoms with van der Waals surface area (Å²) in [7, 11) is 1.38. The second-order valence-corrected chi connectivity index (χ2v) is 7.59. The number of benzene rings is 3. The Kier molecular flexibility index (Phi) is 8.00. The number of rotatable bonds is 9. The Balaban J connectivity index is 1.75. The highest BCUT2D eigenvalue weighted by molar-refractivity contribution is 6.32. The number of carbonyl (C=O) groups is 1. The fraction of sp³-hybridized carbons (Fsp3) is 0.130. The van der Waals surface area contributed by atoms with Gasteiger partial charge >= 0.3 is 12.1 Å². The number of ether oxygens (including phenoxy) is 2. The first kappa shape index (κ1) is 26.3. The number of methoxy groups -OCH3 is 1. The van der Waals surface area contributed by atoms with Gasteiger partial charge in [-0.2, -0.15) is 18.3 Å². The van der Waals surface area contributed by atoms with Gasteiger partial charge in [-0.1, -0.05) is 23.7 Å². The molecule has 0 atom stereocenters. The maximum Gasteiger partial charge on any atom is 0.416 e. The minimum atomic E-state index is -4.73. The van der Waals surface area contributed by atoms with Crippen molar-refractivity contribution in [3.05, 3.63) is 92.0 Å². The van der Waals surface area contributed by atoms with Crippen LogP contribution in [0.25, 0.3) is 0 Å². The fourth-order valence-corrected chi connectivity index (χ4v) is 3.26. The molecule has 0 bridgehead atoms. The molecule has 0 radical (unpaired) electrons. The van der Waals surface area contributed by atoms with Crippen LogP contribution >= 0.6 is 11.6 Å². The number of nitro benzene ring substituents is 1. The third-order valence-electron chi connectivity index (χ3n) is 4.76. The van der Waals surface area contributed by atoms with Crippen LogP contribution in [0.1, 0.15) is 27.0 Å². The van der Waals surface area contributed by atoms with Crippen molar-refractivity contribution in [2.75, 3.05) is 12.5 Å². The molecule has 0 aromatic heterocycles. The maximum atomic E-state index is 12.8. The van der Waals surface area contributed by atoms with Gasteiger partial charge in [0.05, 0.1) is 34.4 Å². The van der Waals surface area contributed by atoms with Gasteiger partial charge in [0.25, 0.3) is 5.69 Å². The van der Waals surface area contributed by atoms with E-state index in [1.807, 2.05) is 0 Å². The first-order valence-corrected chi connectivity index (χ1v) is 10.3. The highest BCUT2D eigenvalue weighted by Crippen LogP contribution is 2.37. The first-order valence-electron chi connectivity index (χ1n) is 9.97. The van der Waals surface area contributed by atoms with Crippen molar-refractivity contribution in [3.8, 4) is 11.5 Å². The summed E-state index contributed by atoms with van der Waals surface area (Å²) in [4.78, 5) is 21.2. The zero-order valence-electron chi connectivity index (χ0n) is 18.4. The Bertz CT molecular complexity index is 1310. The molecule has 2 N–H and O–H groups in total. The number of carboxylic acid groups (broad SMARTS) is 1. The van der Waals surface area contributed by atoms with Gasteiger partial charge in [-0.3, -0.25) is 15.5 Å². The van der Waals surface area contributed by atoms with Crippen molar-refractivity contribution >= 4 is 35.2 Å². The predicted molar refractivity (Wildman–Crippen MR) is 125 cm³/mol. The van der Waals surface area contributed by atoms with Crippen molar-refractivity contribution in [1.82, 2.24) is 0 Å². The number of nitrogens with one attached hydrogen (secondary N) is 1. The van der Waals surface area contributed by atoms with Gasteiger partial charge in [0.2, 0.25) is 0 Å². The number of nitrogens with zero attached hydrogens (tertiary/aromatic N) is 2. The smallest absolute Gasteiger partial charge is 0.416 e. The molecule has 9 nitrogen and oxygen atoms in total. The van der Waals surface area contributed by atoms with E-state index >= 15 is 0 Å². The number of anilines is 1. The molecule has 3 aromatic carbocycles. The third-order valence-corrected chi connectivity index (χ3v) is 5.04. The molecular formula is C23H17ClF3N3O6. The molecule has 0 heterocycles. The molecule has 188 valence electrons. The van der Waals surface area contributed by atoms with Crippen LogP contribution in [0.4, 0.5) is 24.5 Å². The van der Waals surface area contributed by atoms with Gasteiger partial charge in [-0.25, -0.2) is 4.79 Å². The molecule has 0 aliphatic heterocycles. The number of alkyl halides is 3. The molecule has 0 saturated heterocycles. The lowest BCUT2D eigenvalue weighted by molar-refractivity contribution is -0.384. The summed E-state index contributed by atoms with van der Waals surface area (Å²) < 4.78 is 49.6. The summed E-state index contributed by atoms with van der Waals surface area (Å²) in [5.41, 5.74) is 1.38. The van der Waals surface area contributed by atoms with Gasteiger partial charge in [0.15, 0.2) is 11.5 Å². The van der Waals surface area contributed by atoms with E-state index in [0.29, 0.717) is 23.3 Å². The lowest BCUT2D eigenvalue weighted by atomic mass is 10.1. The summed E-state index contributed by atoms with van der Waals surface area (Å²) in [5.74, 6) is -0.594. The molecule has 0 spiro atoms. The topological polar surface area (TPSA) is 123 Å². The third kappa shape index (κ3) is 6.42. The van der Waals surface area contributed by atoms with Crippen molar-refractivity contribution in [2.24, 2.45) is 5.10 Å². The van der Waals surface area contributed by atoms with Crippen LogP contribution in [0.3, 0.4) is 0 Å². The number of nitro groups is 1. The van der Waals surface area contributed by atoms with E-state index < -0.39 is 28.3 Å². The zero-order valence-corrected chi connectivity index (χ0v) is 19.1. The Labute approximate surface area is 206 Å². The van der Waals surface area contributed by atoms with Crippen molar-refractivity contribution < 1.29 is 37.5 Å². The van der Waals surface area contributed by atoms with E-state index in [0.717, 1.165) is 6.07 Å². The molecule has 3 rings (SSSR count). The standard InChI is InChI=1S/C23H17ClF3N3O6/c1-35-20-9-14(8-17(24)21(20)36-12-13-2-4-15(5-3-13)22(31)32)11-28-29-18-7-6-16(23(25,26)27)10-19(18)30(33)34/h2-11,29H,12H2,1H3,(H,31,32)/b28-11-. The van der Waals surface area contributed by atoms with Gasteiger partial charge in [-0.05, 0) is 47.5 Å². The van der Waals surface area contributed by atoms with E-state index in [9.17, 15) is 28.1 Å². The SMILES string of the molecule is COc1cc(/C=N\Nc2ccc(C(F)(F)F)cc2[N+](=O)[O-])cc(Cl)c1OCc1ccc(C(=O)O)cc1. The summed E-state index contributed by atoms with van der Waals surface area (Å²) in [6.07, 6.45) is -3.49. The van der Waals surface area contributed by atoms with Crippen molar-refractivity contribution in [3.63, 3.8) is 0 Å². The van der Waals surface area contributed by atoms with Crippen LogP contribution in [0.2, 0.25) is 5.02 Å². The van der Waals surface area contributed by atoms with Gasteiger partial charge < -0.3 is 14.6 Å². The second-order valence-electron chi connectivity index (χ2n) is 7.18. The number of hydrazone groups is 1. The minimum Gasteiger partial charge on any atom is -0.493 e. The largest absolute Gasteiger partial charge is 0.493 e. The normalized spacial score (nSPS) is 11.4. The monoisotopic (exact) mass is 523 g/mol. The number of hydrogen-bond donors (Lipinski definition) is 2. The summed E-state index contributed by atoms with van der Waals surface area (Å²) in [6.45, 7) is 0.0720. The molecule has 13 heteroatoms. The molecule has 0 saturated carbocycles. The summed E-state index contributed by atoms with van der Waals surface area (Å²) >= 11 is 6.31. The number of halogens is 4. The Morgan fingerprint density at radius 1 is 1.19 bits per heavy atom. The zero-order chi connectivity index (χ0) is 26.5. The predicted octanol–water partition coefficient (Wildman–Crippen LogP) is 6.00. The molecule has 36 heavy (non-hydrogen) atoms. The second kappa shape index (κ2) is 11.0. The van der Waals surface area contributed by atoms with E-state index in [4.69, 9.17) is 26.2 Å². The van der Waals surface area contributed by atoms with E-state index in [1.54, 1.807) is 12.1 Å². The quantitative estimate of drug-likeness (QED) is 0.200. The first-order chi connectivity index (χ1) is 17.0. The van der Waals surface area contributed by atoms with Crippen LogP contribution in [0.5, 0.6) is 11.5 Å². The number of aromatic carboxylic acids is 1. The van der Waals surface area contributed by atoms with E-state index in [1.165, 1.54) is 37.6 Å². The van der Waals surface area contributed by atoms with Crippen LogP contribution in [-0.4, -0.2) is 29.3 Å². The molecule has 0 aliphatic rings. The summed E-state index contributed by atoms with van der Waals surface area (Å²) in [6, 6.07) is 11.1. The fourth-order valence-electron chi connectivity index (χ4n) is 2.98. The van der Waals surface area contributed by atoms with Gasteiger partial charge in [0, 0.05) is 6.07 Å². The highest BCUT2D eigenvalue weighted by Gasteiger charge is 2.33. The average molecular weight is 524 g/mol. The van der Waals surface area contributed by atoms with Crippen LogP contribution in [-0.2, 0) is 12.8 Å². The Morgan fingerprint density at radius 2 is 1.89 bits per heavy atom. The Morgan fingerprint density at radius 3 is 2.47 bits per heavy atom. The molecule has 0 unspecified atom stereocenters. The van der Waals surface area contributed by atoms with Gasteiger partial charge in [0.1, 0.15) is 12.3 Å². The van der Waals surface area contributed by atoms with Crippen LogP contribution < -0.4 is 14.9 Å². The van der Waals surface area contributed by atoms with Crippen molar-refractivity contribution in [1.29, 1.82) is 0 Å². The summed E-state index contributed by atoms with van der Waals surface area (Å²) in [5, 5.41) is 24.1. The molecular weight excluding hydrogens is 507 g/mol. The van der Waals surface area contributed by atoms with E-state index in [-0.39, 0.29) is 34.4 Å². The molecule has 0 aliphatic carbocycles. The lowest BCUT2D eigenvalue weighted by Crippen LogP contribution is -2.06. The average Bonchev–Trinajstić information content (AvgIpc) is 2.82. The minimum absolute atomic E-state index is 0.0720. The van der Waals surface area contributed by atoms with Gasteiger partial charge in [-0.15, -0.1) is 0 Å². The number of hydrogen-bond acceptors (Lipinski definition) is 7. The van der Waals surface area contributed by atoms with Crippen LogP contribution in [0.15, 0.2) is 59.7 Å². The van der Waals surface area contributed by atoms with Crippen molar-refractivity contribution in [2.45, 2.75) is 12.8 Å². The number of carboxylic acids is 1. The van der Waals surface area contributed by atoms with Crippen LogP contribution in [0, 0.1) is 10.1 Å². The maximum absolute atomic E-state index is 12.8. The van der Waals surface area contributed by atoms with E-state index in [2.05, 4.69) is 10.5 Å². The molecule has 3 aromatic rings. The molecule has 0 amide bonds. The lowest BCUT2D eigenvalue weighted by Gasteiger charge is -2.13. The Hall–Kier alpha value is -4.32. The highest BCUT2D eigenvalue weighted by atomic mass is 35.5.